The number of nitrogens with one attached hydrogen (secondary N) is 1. The van der Waals surface area contributed by atoms with Crippen molar-refractivity contribution in [2.75, 3.05) is 11.9 Å². The molecular formula is C24H22ClN7O. The molecule has 9 heteroatoms. The summed E-state index contributed by atoms with van der Waals surface area (Å²) >= 11 is 5.81. The number of allylic oxidation sites excluding steroid dienone is 4. The van der Waals surface area contributed by atoms with E-state index in [1.807, 2.05) is 47.9 Å². The van der Waals surface area contributed by atoms with E-state index in [2.05, 4.69) is 38.8 Å². The molecule has 1 aliphatic heterocycles. The first kappa shape index (κ1) is 21.0. The van der Waals surface area contributed by atoms with Crippen LogP contribution in [0.5, 0.6) is 5.88 Å². The number of ether oxygens (including phenoxy) is 1. The molecule has 0 aliphatic carbocycles. The van der Waals surface area contributed by atoms with Gasteiger partial charge in [0.2, 0.25) is 5.88 Å². The lowest BCUT2D eigenvalue weighted by molar-refractivity contribution is 0.246. The van der Waals surface area contributed by atoms with Gasteiger partial charge in [0.15, 0.2) is 5.65 Å². The lowest BCUT2D eigenvalue weighted by atomic mass is 9.99. The fraction of sp³-hybridized carbons (Fsp3) is 0.167. The van der Waals surface area contributed by atoms with Gasteiger partial charge in [0.1, 0.15) is 24.1 Å². The quantitative estimate of drug-likeness (QED) is 0.392. The summed E-state index contributed by atoms with van der Waals surface area (Å²) < 4.78 is 9.83. The molecule has 0 saturated carbocycles. The van der Waals surface area contributed by atoms with Crippen molar-refractivity contribution < 1.29 is 4.74 Å². The largest absolute Gasteiger partial charge is 0.478 e. The van der Waals surface area contributed by atoms with Crippen LogP contribution in [0.25, 0.3) is 16.8 Å². The molecule has 0 aromatic carbocycles. The molecule has 0 amide bonds. The maximum absolute atomic E-state index is 6.12. The Morgan fingerprint density at radius 3 is 2.85 bits per heavy atom. The third-order valence-electron chi connectivity index (χ3n) is 5.47. The number of hydrogen-bond donors (Lipinski definition) is 1. The molecule has 8 nitrogen and oxygen atoms in total. The van der Waals surface area contributed by atoms with E-state index in [-0.39, 0.29) is 5.92 Å². The molecule has 1 N–H and O–H groups in total. The number of aromatic nitrogens is 6. The second-order valence-electron chi connectivity index (χ2n) is 7.88. The van der Waals surface area contributed by atoms with Crippen molar-refractivity contribution in [1.82, 2.24) is 29.4 Å². The fourth-order valence-corrected chi connectivity index (χ4v) is 3.92. The van der Waals surface area contributed by atoms with Crippen LogP contribution in [0.4, 0.5) is 11.6 Å². The van der Waals surface area contributed by atoms with Gasteiger partial charge in [0.05, 0.1) is 12.1 Å². The third kappa shape index (κ3) is 4.25. The first-order valence-corrected chi connectivity index (χ1v) is 10.8. The van der Waals surface area contributed by atoms with Gasteiger partial charge in [-0.05, 0) is 41.8 Å². The molecule has 0 bridgehead atoms. The monoisotopic (exact) mass is 459 g/mol. The van der Waals surface area contributed by atoms with E-state index in [0.717, 1.165) is 39.8 Å². The highest BCUT2D eigenvalue weighted by Gasteiger charge is 2.27. The number of pyridine rings is 2. The summed E-state index contributed by atoms with van der Waals surface area (Å²) in [7, 11) is 1.87. The van der Waals surface area contributed by atoms with Crippen LogP contribution in [-0.2, 0) is 7.05 Å². The second kappa shape index (κ2) is 8.55. The summed E-state index contributed by atoms with van der Waals surface area (Å²) in [4.78, 5) is 4.42. The first-order valence-electron chi connectivity index (χ1n) is 10.4. The predicted molar refractivity (Wildman–Crippen MR) is 129 cm³/mol. The Morgan fingerprint density at radius 2 is 2.06 bits per heavy atom. The molecule has 0 radical (unpaired) electrons. The minimum atomic E-state index is 0.0507. The molecule has 0 fully saturated rings. The zero-order valence-corrected chi connectivity index (χ0v) is 18.8. The van der Waals surface area contributed by atoms with Crippen LogP contribution in [0, 0.1) is 0 Å². The molecule has 1 unspecified atom stereocenters. The van der Waals surface area contributed by atoms with Crippen LogP contribution < -0.4 is 10.1 Å². The molecule has 5 rings (SSSR count). The molecule has 1 atom stereocenters. The molecule has 4 aromatic rings. The van der Waals surface area contributed by atoms with Crippen LogP contribution in [0.3, 0.4) is 0 Å². The number of aryl methyl sites for hydroxylation is 1. The van der Waals surface area contributed by atoms with Gasteiger partial charge in [-0.15, -0.1) is 10.2 Å². The Morgan fingerprint density at radius 1 is 1.18 bits per heavy atom. The smallest absolute Gasteiger partial charge is 0.201 e. The fourth-order valence-electron chi connectivity index (χ4n) is 3.85. The van der Waals surface area contributed by atoms with Crippen LogP contribution in [0.2, 0.25) is 0 Å². The molecule has 166 valence electrons. The van der Waals surface area contributed by atoms with E-state index in [1.54, 1.807) is 23.2 Å². The zero-order valence-electron chi connectivity index (χ0n) is 18.1. The Labute approximate surface area is 195 Å². The van der Waals surface area contributed by atoms with E-state index < -0.39 is 0 Å². The summed E-state index contributed by atoms with van der Waals surface area (Å²) in [5, 5.41) is 16.8. The van der Waals surface area contributed by atoms with Crippen molar-refractivity contribution in [3.05, 3.63) is 84.5 Å². The molecule has 1 aliphatic rings. The number of halogens is 1. The van der Waals surface area contributed by atoms with Gasteiger partial charge in [-0.3, -0.25) is 4.68 Å². The van der Waals surface area contributed by atoms with Gasteiger partial charge in [-0.25, -0.2) is 9.38 Å². The third-order valence-corrected chi connectivity index (χ3v) is 5.60. The molecule has 0 spiro atoms. The summed E-state index contributed by atoms with van der Waals surface area (Å²) in [6.07, 6.45) is 7.80. The van der Waals surface area contributed by atoms with E-state index in [4.69, 9.17) is 16.3 Å². The highest BCUT2D eigenvalue weighted by molar-refractivity contribution is 6.30. The van der Waals surface area contributed by atoms with Crippen molar-refractivity contribution in [3.63, 3.8) is 0 Å². The maximum atomic E-state index is 6.12. The Bertz CT molecular complexity index is 1400. The van der Waals surface area contributed by atoms with Crippen molar-refractivity contribution in [1.29, 1.82) is 0 Å². The average Bonchev–Trinajstić information content (AvgIpc) is 3.41. The maximum Gasteiger partial charge on any atom is 0.201 e. The van der Waals surface area contributed by atoms with Crippen LogP contribution in [0.15, 0.2) is 78.6 Å². The first-order chi connectivity index (χ1) is 16.0. The number of hydrogen-bond acceptors (Lipinski definition) is 6. The van der Waals surface area contributed by atoms with Crippen molar-refractivity contribution in [3.8, 4) is 17.0 Å². The van der Waals surface area contributed by atoms with Crippen LogP contribution in [-0.4, -0.2) is 36.0 Å². The molecule has 4 aromatic heterocycles. The lowest BCUT2D eigenvalue weighted by Crippen LogP contribution is -2.20. The Hall–Kier alpha value is -3.91. The second-order valence-corrected chi connectivity index (χ2v) is 8.36. The van der Waals surface area contributed by atoms with Crippen LogP contribution >= 0.6 is 11.6 Å². The lowest BCUT2D eigenvalue weighted by Gasteiger charge is -2.23. The average molecular weight is 460 g/mol. The van der Waals surface area contributed by atoms with Gasteiger partial charge >= 0.3 is 0 Å². The van der Waals surface area contributed by atoms with Crippen molar-refractivity contribution >= 4 is 28.9 Å². The normalized spacial score (nSPS) is 15.0. The number of nitrogens with zero attached hydrogens (tertiary/aromatic N) is 6. The van der Waals surface area contributed by atoms with Gasteiger partial charge in [0.25, 0.3) is 0 Å². The van der Waals surface area contributed by atoms with E-state index in [9.17, 15) is 0 Å². The van der Waals surface area contributed by atoms with Gasteiger partial charge in [-0.1, -0.05) is 36.4 Å². The van der Waals surface area contributed by atoms with E-state index in [0.29, 0.717) is 23.9 Å². The molecular weight excluding hydrogens is 438 g/mol. The number of anilines is 2. The SMILES string of the molecule is C=C(Cl)/C=C\C(=C)CC1COc2cc(-c3ccnc(Nc4ccnn4C)c3)cc3nnc1n23. The van der Waals surface area contributed by atoms with Crippen molar-refractivity contribution in [2.24, 2.45) is 7.05 Å². The van der Waals surface area contributed by atoms with Gasteiger partial charge in [-0.2, -0.15) is 5.10 Å². The van der Waals surface area contributed by atoms with Gasteiger partial charge in [0, 0.05) is 30.4 Å². The Kier molecular flexibility index (Phi) is 5.43. The Balaban J connectivity index is 1.43. The minimum Gasteiger partial charge on any atom is -0.478 e. The molecule has 0 saturated heterocycles. The van der Waals surface area contributed by atoms with E-state index >= 15 is 0 Å². The zero-order chi connectivity index (χ0) is 22.9. The topological polar surface area (TPSA) is 82.2 Å². The minimum absolute atomic E-state index is 0.0507. The van der Waals surface area contributed by atoms with Gasteiger partial charge < -0.3 is 10.1 Å². The summed E-state index contributed by atoms with van der Waals surface area (Å²) in [6, 6.07) is 9.84. The molecule has 33 heavy (non-hydrogen) atoms. The molecule has 5 heterocycles. The standard InChI is InChI=1S/C24H22ClN7O/c1-15(4-5-16(2)25)10-19-14-33-23-13-18(12-22-29-30-24(19)32(22)23)17-6-8-26-20(11-17)28-21-7-9-27-31(21)3/h4-9,11-13,19H,1-2,10,14H2,3H3,(H,26,28)/b5-4-. The summed E-state index contributed by atoms with van der Waals surface area (Å²) in [6.45, 7) is 8.26. The van der Waals surface area contributed by atoms with Crippen molar-refractivity contribution in [2.45, 2.75) is 12.3 Å². The highest BCUT2D eigenvalue weighted by atomic mass is 35.5. The van der Waals surface area contributed by atoms with E-state index in [1.165, 1.54) is 0 Å². The highest BCUT2D eigenvalue weighted by Crippen LogP contribution is 2.35. The van der Waals surface area contributed by atoms with Crippen LogP contribution in [0.1, 0.15) is 18.2 Å². The number of rotatable bonds is 7. The summed E-state index contributed by atoms with van der Waals surface area (Å²) in [5.41, 5.74) is 3.62. The summed E-state index contributed by atoms with van der Waals surface area (Å²) in [5.74, 6) is 3.21. The predicted octanol–water partition coefficient (Wildman–Crippen LogP) is 5.00.